The summed E-state index contributed by atoms with van der Waals surface area (Å²) in [7, 11) is 0. The van der Waals surface area contributed by atoms with Crippen LogP contribution in [0.5, 0.6) is 0 Å². The lowest BCUT2D eigenvalue weighted by molar-refractivity contribution is 0.0697. The van der Waals surface area contributed by atoms with Crippen LogP contribution in [-0.2, 0) is 0 Å². The summed E-state index contributed by atoms with van der Waals surface area (Å²) in [6.07, 6.45) is 0. The van der Waals surface area contributed by atoms with Gasteiger partial charge in [-0.25, -0.2) is 4.79 Å². The molecular weight excluding hydrogens is 314 g/mol. The van der Waals surface area contributed by atoms with Crippen LogP contribution in [0.25, 0.3) is 0 Å². The summed E-state index contributed by atoms with van der Waals surface area (Å²) in [5.41, 5.74) is 1.21. The fourth-order valence-corrected chi connectivity index (χ4v) is 3.02. The summed E-state index contributed by atoms with van der Waals surface area (Å²) in [5, 5.41) is 12.1. The molecule has 94 valence electrons. The van der Waals surface area contributed by atoms with Gasteiger partial charge in [-0.2, -0.15) is 0 Å². The van der Waals surface area contributed by atoms with Crippen LogP contribution in [0.4, 0.5) is 5.69 Å². The van der Waals surface area contributed by atoms with Crippen molar-refractivity contribution in [1.29, 1.82) is 0 Å². The average molecular weight is 326 g/mol. The third kappa shape index (κ3) is 3.11. The minimum Gasteiger partial charge on any atom is -0.478 e. The molecule has 0 spiro atoms. The molecule has 1 unspecified atom stereocenters. The molecule has 0 saturated heterocycles. The smallest absolute Gasteiger partial charge is 0.335 e. The highest BCUT2D eigenvalue weighted by molar-refractivity contribution is 9.11. The molecule has 0 fully saturated rings. The molecule has 3 nitrogen and oxygen atoms in total. The number of hydrogen-bond acceptors (Lipinski definition) is 3. The molecule has 0 aliphatic rings. The van der Waals surface area contributed by atoms with Crippen LogP contribution in [0.15, 0.2) is 40.2 Å². The normalized spacial score (nSPS) is 12.1. The standard InChI is InChI=1S/C13H12BrNO2S/c1-8(11-6-7-12(14)18-11)15-10-4-2-9(3-5-10)13(16)17/h2-8,15H,1H3,(H,16,17). The lowest BCUT2D eigenvalue weighted by Crippen LogP contribution is -2.05. The van der Waals surface area contributed by atoms with Crippen LogP contribution >= 0.6 is 27.3 Å². The highest BCUT2D eigenvalue weighted by atomic mass is 79.9. The number of hydrogen-bond donors (Lipinski definition) is 2. The van der Waals surface area contributed by atoms with Gasteiger partial charge in [-0.3, -0.25) is 0 Å². The molecule has 18 heavy (non-hydrogen) atoms. The number of benzene rings is 1. The second-order valence-corrected chi connectivity index (χ2v) is 6.38. The minimum atomic E-state index is -0.906. The second kappa shape index (κ2) is 5.54. The van der Waals surface area contributed by atoms with E-state index in [1.54, 1.807) is 35.6 Å². The largest absolute Gasteiger partial charge is 0.478 e. The highest BCUT2D eigenvalue weighted by Gasteiger charge is 2.08. The lowest BCUT2D eigenvalue weighted by Gasteiger charge is -2.13. The van der Waals surface area contributed by atoms with Crippen molar-refractivity contribution in [2.24, 2.45) is 0 Å². The molecule has 0 aliphatic carbocycles. The van der Waals surface area contributed by atoms with E-state index < -0.39 is 5.97 Å². The molecule has 0 bridgehead atoms. The Morgan fingerprint density at radius 1 is 1.28 bits per heavy atom. The highest BCUT2D eigenvalue weighted by Crippen LogP contribution is 2.29. The first-order valence-electron chi connectivity index (χ1n) is 5.41. The molecule has 1 heterocycles. The third-order valence-corrected chi connectivity index (χ3v) is 4.34. The summed E-state index contributed by atoms with van der Waals surface area (Å²) in [5.74, 6) is -0.906. The van der Waals surface area contributed by atoms with Gasteiger partial charge in [-0.1, -0.05) is 0 Å². The van der Waals surface area contributed by atoms with Crippen molar-refractivity contribution in [2.75, 3.05) is 5.32 Å². The average Bonchev–Trinajstić information content (AvgIpc) is 2.76. The molecule has 0 aliphatic heterocycles. The first-order chi connectivity index (χ1) is 8.56. The predicted octanol–water partition coefficient (Wildman–Crippen LogP) is 4.38. The molecule has 1 atom stereocenters. The predicted molar refractivity (Wildman–Crippen MR) is 77.5 cm³/mol. The topological polar surface area (TPSA) is 49.3 Å². The van der Waals surface area contributed by atoms with Gasteiger partial charge in [-0.15, -0.1) is 11.3 Å². The summed E-state index contributed by atoms with van der Waals surface area (Å²) >= 11 is 5.12. The van der Waals surface area contributed by atoms with Crippen molar-refractivity contribution in [3.63, 3.8) is 0 Å². The third-order valence-electron chi connectivity index (χ3n) is 2.54. The number of carbonyl (C=O) groups is 1. The van der Waals surface area contributed by atoms with E-state index in [-0.39, 0.29) is 6.04 Å². The van der Waals surface area contributed by atoms with E-state index in [2.05, 4.69) is 34.2 Å². The summed E-state index contributed by atoms with van der Waals surface area (Å²) in [6, 6.07) is 11.0. The van der Waals surface area contributed by atoms with Gasteiger partial charge in [0.2, 0.25) is 0 Å². The molecular formula is C13H12BrNO2S. The summed E-state index contributed by atoms with van der Waals surface area (Å²) in [6.45, 7) is 2.07. The molecule has 5 heteroatoms. The molecule has 0 saturated carbocycles. The van der Waals surface area contributed by atoms with E-state index in [4.69, 9.17) is 5.11 Å². The lowest BCUT2D eigenvalue weighted by atomic mass is 10.2. The van der Waals surface area contributed by atoms with Gasteiger partial charge >= 0.3 is 5.97 Å². The van der Waals surface area contributed by atoms with Crippen LogP contribution < -0.4 is 5.32 Å². The zero-order chi connectivity index (χ0) is 13.1. The van der Waals surface area contributed by atoms with Crippen LogP contribution in [0.3, 0.4) is 0 Å². The second-order valence-electron chi connectivity index (χ2n) is 3.89. The van der Waals surface area contributed by atoms with Crippen LogP contribution in [0, 0.1) is 0 Å². The van der Waals surface area contributed by atoms with Crippen molar-refractivity contribution in [2.45, 2.75) is 13.0 Å². The maximum atomic E-state index is 10.7. The zero-order valence-corrected chi connectivity index (χ0v) is 12.1. The Kier molecular flexibility index (Phi) is 4.04. The van der Waals surface area contributed by atoms with Crippen LogP contribution in [0.1, 0.15) is 28.2 Å². The molecule has 2 rings (SSSR count). The van der Waals surface area contributed by atoms with E-state index in [0.29, 0.717) is 5.56 Å². The van der Waals surface area contributed by atoms with Crippen molar-refractivity contribution < 1.29 is 9.90 Å². The van der Waals surface area contributed by atoms with Crippen LogP contribution in [-0.4, -0.2) is 11.1 Å². The maximum absolute atomic E-state index is 10.7. The van der Waals surface area contributed by atoms with Gasteiger partial charge < -0.3 is 10.4 Å². The van der Waals surface area contributed by atoms with Crippen molar-refractivity contribution in [1.82, 2.24) is 0 Å². The van der Waals surface area contributed by atoms with Crippen molar-refractivity contribution in [3.05, 3.63) is 50.6 Å². The summed E-state index contributed by atoms with van der Waals surface area (Å²) in [4.78, 5) is 12.0. The monoisotopic (exact) mass is 325 g/mol. The van der Waals surface area contributed by atoms with E-state index in [0.717, 1.165) is 9.47 Å². The quantitative estimate of drug-likeness (QED) is 0.876. The van der Waals surface area contributed by atoms with Gasteiger partial charge in [0, 0.05) is 10.6 Å². The van der Waals surface area contributed by atoms with Crippen LogP contribution in [0.2, 0.25) is 0 Å². The number of carboxylic acid groups (broad SMARTS) is 1. The first-order valence-corrected chi connectivity index (χ1v) is 7.02. The molecule has 2 aromatic rings. The van der Waals surface area contributed by atoms with Crippen molar-refractivity contribution >= 4 is 38.9 Å². The minimum absolute atomic E-state index is 0.192. The van der Waals surface area contributed by atoms with E-state index >= 15 is 0 Å². The first kappa shape index (κ1) is 13.1. The fraction of sp³-hybridized carbons (Fsp3) is 0.154. The van der Waals surface area contributed by atoms with E-state index in [9.17, 15) is 4.79 Å². The number of anilines is 1. The zero-order valence-electron chi connectivity index (χ0n) is 9.68. The SMILES string of the molecule is CC(Nc1ccc(C(=O)O)cc1)c1ccc(Br)s1. The van der Waals surface area contributed by atoms with Gasteiger partial charge in [0.15, 0.2) is 0 Å². The van der Waals surface area contributed by atoms with E-state index in [1.807, 2.05) is 6.07 Å². The fourth-order valence-electron chi connectivity index (χ4n) is 1.59. The number of aromatic carboxylic acids is 1. The molecule has 0 amide bonds. The Morgan fingerprint density at radius 3 is 2.44 bits per heavy atom. The Morgan fingerprint density at radius 2 is 1.94 bits per heavy atom. The van der Waals surface area contributed by atoms with Gasteiger partial charge in [0.25, 0.3) is 0 Å². The Labute approximate surface area is 118 Å². The van der Waals surface area contributed by atoms with E-state index in [1.165, 1.54) is 4.88 Å². The number of thiophene rings is 1. The molecule has 2 N–H and O–H groups in total. The maximum Gasteiger partial charge on any atom is 0.335 e. The molecule has 0 radical (unpaired) electrons. The van der Waals surface area contributed by atoms with Gasteiger partial charge in [0.05, 0.1) is 15.4 Å². The number of nitrogens with one attached hydrogen (secondary N) is 1. The Hall–Kier alpha value is -1.33. The Balaban J connectivity index is 2.07. The Bertz CT molecular complexity index is 550. The molecule has 1 aromatic carbocycles. The molecule has 1 aromatic heterocycles. The van der Waals surface area contributed by atoms with Gasteiger partial charge in [0.1, 0.15) is 0 Å². The number of carboxylic acids is 1. The van der Waals surface area contributed by atoms with Gasteiger partial charge in [-0.05, 0) is 59.3 Å². The number of halogens is 1. The summed E-state index contributed by atoms with van der Waals surface area (Å²) < 4.78 is 1.10. The van der Waals surface area contributed by atoms with Crippen molar-refractivity contribution in [3.8, 4) is 0 Å². The number of rotatable bonds is 4.